The molecular weight excluding hydrogens is 344 g/mol. The van der Waals surface area contributed by atoms with Gasteiger partial charge in [0.2, 0.25) is 17.4 Å². The Morgan fingerprint density at radius 3 is 2.08 bits per heavy atom. The fourth-order valence-electron chi connectivity index (χ4n) is 4.18. The molecule has 0 saturated carbocycles. The molecule has 0 N–H and O–H groups in total. The summed E-state index contributed by atoms with van der Waals surface area (Å²) in [6, 6.07) is 0. The van der Waals surface area contributed by atoms with Crippen molar-refractivity contribution < 1.29 is 13.6 Å². The minimum absolute atomic E-state index is 0.0229. The topological polar surface area (TPSA) is 27.7 Å². The minimum Gasteiger partial charge on any atom is -0.490 e. The first-order chi connectivity index (χ1) is 11.6. The van der Waals surface area contributed by atoms with Crippen molar-refractivity contribution in [2.45, 2.75) is 96.3 Å². The van der Waals surface area contributed by atoms with Crippen LogP contribution < -0.4 is 0 Å². The second-order valence-electron chi connectivity index (χ2n) is 8.29. The molecule has 3 nitrogen and oxygen atoms in total. The lowest BCUT2D eigenvalue weighted by Crippen LogP contribution is -2.49. The van der Waals surface area contributed by atoms with Crippen LogP contribution in [-0.4, -0.2) is 36.2 Å². The van der Waals surface area contributed by atoms with E-state index in [4.69, 9.17) is 13.6 Å². The van der Waals surface area contributed by atoms with E-state index in [1.165, 1.54) is 0 Å². The highest BCUT2D eigenvalue weighted by atomic mass is 28.4. The molecule has 0 aliphatic carbocycles. The first-order valence-corrected chi connectivity index (χ1v) is 14.3. The molecule has 1 heterocycles. The Morgan fingerprint density at radius 1 is 1.08 bits per heavy atom. The van der Waals surface area contributed by atoms with E-state index in [0.717, 1.165) is 18.6 Å². The molecule has 2 atom stereocenters. The summed E-state index contributed by atoms with van der Waals surface area (Å²) >= 11 is 0. The van der Waals surface area contributed by atoms with Crippen LogP contribution >= 0.6 is 0 Å². The maximum Gasteiger partial charge on any atom is 0.206 e. The van der Waals surface area contributed by atoms with E-state index in [2.05, 4.69) is 73.4 Å². The molecule has 0 aromatic rings. The lowest BCUT2D eigenvalue weighted by Gasteiger charge is -2.43. The monoisotopic (exact) mass is 383 g/mol. The molecule has 0 saturated heterocycles. The van der Waals surface area contributed by atoms with E-state index in [9.17, 15) is 0 Å². The van der Waals surface area contributed by atoms with Gasteiger partial charge in [-0.25, -0.2) is 0 Å². The van der Waals surface area contributed by atoms with Gasteiger partial charge in [-0.05, 0) is 36.1 Å². The highest BCUT2D eigenvalue weighted by Crippen LogP contribution is 2.42. The van der Waals surface area contributed by atoms with E-state index < -0.39 is 17.4 Å². The Morgan fingerprint density at radius 2 is 1.60 bits per heavy atom. The van der Waals surface area contributed by atoms with Gasteiger partial charge in [-0.3, -0.25) is 0 Å². The number of hydrogen-bond acceptors (Lipinski definition) is 3. The number of rotatable bonds is 8. The van der Waals surface area contributed by atoms with E-state index >= 15 is 0 Å². The highest BCUT2D eigenvalue weighted by molar-refractivity contribution is 6.77. The summed E-state index contributed by atoms with van der Waals surface area (Å²) in [6.45, 7) is 23.0. The second kappa shape index (κ2) is 10.1. The molecule has 0 bridgehead atoms. The van der Waals surface area contributed by atoms with Crippen molar-refractivity contribution in [1.29, 1.82) is 0 Å². The molecule has 1 aliphatic heterocycles. The van der Waals surface area contributed by atoms with Crippen LogP contribution in [0.1, 0.15) is 54.4 Å². The van der Waals surface area contributed by atoms with Crippen molar-refractivity contribution in [3.8, 4) is 0 Å². The van der Waals surface area contributed by atoms with Crippen LogP contribution in [0.15, 0.2) is 24.5 Å². The third-order valence-corrected chi connectivity index (χ3v) is 12.0. The second-order valence-corrected chi connectivity index (χ2v) is 15.8. The molecule has 0 unspecified atom stereocenters. The van der Waals surface area contributed by atoms with Crippen LogP contribution in [0.5, 0.6) is 0 Å². The molecular formula is C20H39O3Si2. The molecule has 0 spiro atoms. The molecule has 1 aliphatic rings. The van der Waals surface area contributed by atoms with E-state index in [0.29, 0.717) is 23.2 Å². The van der Waals surface area contributed by atoms with Gasteiger partial charge >= 0.3 is 0 Å². The minimum atomic E-state index is -1.87. The van der Waals surface area contributed by atoms with Crippen molar-refractivity contribution in [1.82, 2.24) is 0 Å². The van der Waals surface area contributed by atoms with Gasteiger partial charge in [0.1, 0.15) is 18.0 Å². The lowest BCUT2D eigenvalue weighted by atomic mass is 10.1. The average Bonchev–Trinajstić information content (AvgIpc) is 2.47. The molecule has 1 rings (SSSR count). The summed E-state index contributed by atoms with van der Waals surface area (Å²) in [6.07, 6.45) is 6.14. The maximum atomic E-state index is 6.72. The van der Waals surface area contributed by atoms with E-state index in [-0.39, 0.29) is 12.2 Å². The third kappa shape index (κ3) is 6.09. The molecule has 0 aromatic heterocycles. The van der Waals surface area contributed by atoms with Crippen LogP contribution in [0.4, 0.5) is 0 Å². The van der Waals surface area contributed by atoms with Gasteiger partial charge in [0.25, 0.3) is 0 Å². The van der Waals surface area contributed by atoms with Gasteiger partial charge in [0, 0.05) is 6.42 Å². The van der Waals surface area contributed by atoms with Crippen LogP contribution in [0.3, 0.4) is 0 Å². The average molecular weight is 384 g/mol. The predicted octanol–water partition coefficient (Wildman–Crippen LogP) is 6.06. The zero-order valence-corrected chi connectivity index (χ0v) is 19.6. The van der Waals surface area contributed by atoms with Gasteiger partial charge < -0.3 is 13.6 Å². The standard InChI is InChI=1S/C20H39O3Si2/c1-15(2)25(16(3)4,17(5)6)21-14-19-12-10-11-13-20(18(7)22-19)23-24(8)9/h10-11,15-17,19-20H,7,12-14H2,1-6,8-9H3/b11-10-/t19-,20-/m0/s1. The zero-order valence-electron chi connectivity index (χ0n) is 17.6. The van der Waals surface area contributed by atoms with Gasteiger partial charge in [0.05, 0.1) is 6.61 Å². The summed E-state index contributed by atoms with van der Waals surface area (Å²) in [5.41, 5.74) is 1.75. The van der Waals surface area contributed by atoms with Gasteiger partial charge in [-0.15, -0.1) is 0 Å². The van der Waals surface area contributed by atoms with Crippen LogP contribution in [0, 0.1) is 0 Å². The van der Waals surface area contributed by atoms with Crippen LogP contribution in [0.25, 0.3) is 0 Å². The molecule has 0 aromatic carbocycles. The summed E-state index contributed by atoms with van der Waals surface area (Å²) in [5, 5.41) is 0. The van der Waals surface area contributed by atoms with Crippen molar-refractivity contribution in [3.63, 3.8) is 0 Å². The Hall–Kier alpha value is -0.366. The molecule has 25 heavy (non-hydrogen) atoms. The predicted molar refractivity (Wildman–Crippen MR) is 112 cm³/mol. The first kappa shape index (κ1) is 22.7. The maximum absolute atomic E-state index is 6.72. The van der Waals surface area contributed by atoms with Crippen LogP contribution in [-0.2, 0) is 13.6 Å². The smallest absolute Gasteiger partial charge is 0.206 e. The van der Waals surface area contributed by atoms with Crippen molar-refractivity contribution in [2.24, 2.45) is 0 Å². The normalized spacial score (nSPS) is 23.9. The summed E-state index contributed by atoms with van der Waals surface area (Å²) in [5.74, 6) is 0.759. The Bertz CT molecular complexity index is 422. The van der Waals surface area contributed by atoms with Gasteiger partial charge in [-0.2, -0.15) is 0 Å². The fourth-order valence-corrected chi connectivity index (χ4v) is 10.4. The molecule has 0 fully saturated rings. The van der Waals surface area contributed by atoms with E-state index in [1.807, 2.05) is 0 Å². The Labute approximate surface area is 158 Å². The fraction of sp³-hybridized carbons (Fsp3) is 0.800. The van der Waals surface area contributed by atoms with Crippen molar-refractivity contribution in [2.75, 3.05) is 6.61 Å². The zero-order chi connectivity index (χ0) is 19.2. The summed E-state index contributed by atoms with van der Waals surface area (Å²) in [7, 11) is -2.64. The Balaban J connectivity index is 2.82. The SMILES string of the molecule is C=C1O[C@H](CO[Si](C(C)C)(C(C)C)C(C)C)C/C=C\C[C@@H]1O[Si](C)C. The molecule has 145 valence electrons. The molecule has 0 amide bonds. The quantitative estimate of drug-likeness (QED) is 0.376. The number of ether oxygens (including phenoxy) is 1. The van der Waals surface area contributed by atoms with Gasteiger partial charge in [-0.1, -0.05) is 60.3 Å². The molecule has 1 radical (unpaired) electrons. The first-order valence-electron chi connectivity index (χ1n) is 9.72. The van der Waals surface area contributed by atoms with Crippen molar-refractivity contribution in [3.05, 3.63) is 24.5 Å². The van der Waals surface area contributed by atoms with Crippen molar-refractivity contribution >= 4 is 17.4 Å². The summed E-state index contributed by atoms with van der Waals surface area (Å²) in [4.78, 5) is 0. The highest BCUT2D eigenvalue weighted by Gasteiger charge is 2.45. The third-order valence-electron chi connectivity index (χ3n) is 5.20. The summed E-state index contributed by atoms with van der Waals surface area (Å²) < 4.78 is 18.9. The molecule has 5 heteroatoms. The Kier molecular flexibility index (Phi) is 9.15. The van der Waals surface area contributed by atoms with Gasteiger partial charge in [0.15, 0.2) is 0 Å². The number of hydrogen-bond donors (Lipinski definition) is 0. The van der Waals surface area contributed by atoms with Crippen LogP contribution in [0.2, 0.25) is 29.7 Å². The van der Waals surface area contributed by atoms with E-state index in [1.54, 1.807) is 0 Å². The largest absolute Gasteiger partial charge is 0.490 e. The lowest BCUT2D eigenvalue weighted by molar-refractivity contribution is 0.0292.